The lowest BCUT2D eigenvalue weighted by molar-refractivity contribution is -0.155. The molecule has 0 fully saturated rings. The molecule has 0 spiro atoms. The largest absolute Gasteiger partial charge is 0.497 e. The monoisotopic (exact) mass is 246 g/mol. The van der Waals surface area contributed by atoms with Crippen LogP contribution >= 0.6 is 0 Å². The van der Waals surface area contributed by atoms with Crippen molar-refractivity contribution in [2.75, 3.05) is 7.11 Å². The van der Waals surface area contributed by atoms with Gasteiger partial charge in [-0.3, -0.25) is 0 Å². The fourth-order valence-corrected chi connectivity index (χ4v) is 2.27. The predicted molar refractivity (Wildman–Crippen MR) is 69.4 cm³/mol. The van der Waals surface area contributed by atoms with Crippen LogP contribution in [0.5, 0.6) is 5.75 Å². The third-order valence-electron chi connectivity index (χ3n) is 3.37. The van der Waals surface area contributed by atoms with Crippen LogP contribution in [0.2, 0.25) is 0 Å². The predicted octanol–water partition coefficient (Wildman–Crippen LogP) is 3.19. The summed E-state index contributed by atoms with van der Waals surface area (Å²) in [6, 6.07) is 7.67. The minimum atomic E-state index is -0.566. The lowest BCUT2D eigenvalue weighted by atomic mass is 9.86. The first-order valence-corrected chi connectivity index (χ1v) is 6.14. The van der Waals surface area contributed by atoms with Gasteiger partial charge in [-0.25, -0.2) is 4.79 Å². The number of ether oxygens (including phenoxy) is 2. The Morgan fingerprint density at radius 3 is 2.56 bits per heavy atom. The number of benzene rings is 1. The summed E-state index contributed by atoms with van der Waals surface area (Å²) in [5, 5.41) is 0. The van der Waals surface area contributed by atoms with Crippen LogP contribution in [-0.2, 0) is 15.1 Å². The molecule has 18 heavy (non-hydrogen) atoms. The second-order valence-corrected chi connectivity index (χ2v) is 4.71. The highest BCUT2D eigenvalue weighted by molar-refractivity contribution is 5.84. The molecule has 3 heteroatoms. The Labute approximate surface area is 107 Å². The first kappa shape index (κ1) is 12.7. The third kappa shape index (κ3) is 2.40. The van der Waals surface area contributed by atoms with Crippen LogP contribution in [0.4, 0.5) is 0 Å². The number of hydrogen-bond donors (Lipinski definition) is 0. The molecular formula is C15H18O3. The highest BCUT2D eigenvalue weighted by atomic mass is 16.6. The SMILES string of the molecule is CCC1=CC(=O)O[C@@](C)(c2ccc(OC)cc2)C1. The number of carbonyl (C=O) groups excluding carboxylic acids is 1. The van der Waals surface area contributed by atoms with E-state index in [2.05, 4.69) is 6.92 Å². The lowest BCUT2D eigenvalue weighted by Gasteiger charge is -2.33. The smallest absolute Gasteiger partial charge is 0.331 e. The molecule has 0 N–H and O–H groups in total. The van der Waals surface area contributed by atoms with Gasteiger partial charge in [0.05, 0.1) is 7.11 Å². The molecule has 1 aromatic carbocycles. The van der Waals surface area contributed by atoms with Gasteiger partial charge in [-0.1, -0.05) is 24.6 Å². The Balaban J connectivity index is 2.30. The van der Waals surface area contributed by atoms with Gasteiger partial charge in [0.15, 0.2) is 0 Å². The molecule has 96 valence electrons. The summed E-state index contributed by atoms with van der Waals surface area (Å²) in [6.07, 6.45) is 3.23. The average Bonchev–Trinajstić information content (AvgIpc) is 2.37. The fraction of sp³-hybridized carbons (Fsp3) is 0.400. The zero-order valence-corrected chi connectivity index (χ0v) is 11.0. The molecule has 1 heterocycles. The molecule has 1 atom stereocenters. The van der Waals surface area contributed by atoms with Crippen LogP contribution in [0.3, 0.4) is 0 Å². The number of cyclic esters (lactones) is 1. The van der Waals surface area contributed by atoms with E-state index in [1.165, 1.54) is 0 Å². The molecular weight excluding hydrogens is 228 g/mol. The molecule has 2 rings (SSSR count). The molecule has 0 unspecified atom stereocenters. The highest BCUT2D eigenvalue weighted by Crippen LogP contribution is 2.37. The van der Waals surface area contributed by atoms with Crippen molar-refractivity contribution in [1.29, 1.82) is 0 Å². The maximum absolute atomic E-state index is 11.6. The van der Waals surface area contributed by atoms with Crippen molar-refractivity contribution in [3.8, 4) is 5.75 Å². The van der Waals surface area contributed by atoms with Crippen LogP contribution in [0, 0.1) is 0 Å². The van der Waals surface area contributed by atoms with Crippen LogP contribution in [0.15, 0.2) is 35.9 Å². The summed E-state index contributed by atoms with van der Waals surface area (Å²) < 4.78 is 10.6. The molecule has 0 aromatic heterocycles. The fourth-order valence-electron chi connectivity index (χ4n) is 2.27. The van der Waals surface area contributed by atoms with Gasteiger partial charge in [-0.05, 0) is 31.0 Å². The Bertz CT molecular complexity index is 473. The van der Waals surface area contributed by atoms with Crippen molar-refractivity contribution in [2.45, 2.75) is 32.3 Å². The maximum atomic E-state index is 11.6. The van der Waals surface area contributed by atoms with E-state index in [0.29, 0.717) is 0 Å². The standard InChI is InChI=1S/C15H18O3/c1-4-11-9-14(16)18-15(2,10-11)12-5-7-13(17-3)8-6-12/h5-9H,4,10H2,1-3H3/t15-/m1/s1. The van der Waals surface area contributed by atoms with E-state index in [1.807, 2.05) is 31.2 Å². The molecule has 0 saturated carbocycles. The maximum Gasteiger partial charge on any atom is 0.331 e. The van der Waals surface area contributed by atoms with Gasteiger partial charge in [-0.2, -0.15) is 0 Å². The molecule has 1 aromatic rings. The van der Waals surface area contributed by atoms with Gasteiger partial charge in [0, 0.05) is 12.5 Å². The summed E-state index contributed by atoms with van der Waals surface area (Å²) in [5.74, 6) is 0.548. The van der Waals surface area contributed by atoms with E-state index < -0.39 is 5.60 Å². The van der Waals surface area contributed by atoms with Gasteiger partial charge in [0.25, 0.3) is 0 Å². The average molecular weight is 246 g/mol. The van der Waals surface area contributed by atoms with Crippen molar-refractivity contribution < 1.29 is 14.3 Å². The Morgan fingerprint density at radius 2 is 2.00 bits per heavy atom. The van der Waals surface area contributed by atoms with Gasteiger partial charge in [0.1, 0.15) is 11.4 Å². The van der Waals surface area contributed by atoms with E-state index in [0.717, 1.165) is 29.7 Å². The normalized spacial score (nSPS) is 23.3. The Kier molecular flexibility index (Phi) is 3.41. The number of hydrogen-bond acceptors (Lipinski definition) is 3. The van der Waals surface area contributed by atoms with Crippen LogP contribution in [0.1, 0.15) is 32.3 Å². The van der Waals surface area contributed by atoms with Gasteiger partial charge < -0.3 is 9.47 Å². The van der Waals surface area contributed by atoms with Crippen LogP contribution in [0.25, 0.3) is 0 Å². The molecule has 0 bridgehead atoms. The van der Waals surface area contributed by atoms with Crippen molar-refractivity contribution in [2.24, 2.45) is 0 Å². The van der Waals surface area contributed by atoms with Gasteiger partial charge >= 0.3 is 5.97 Å². The molecule has 0 radical (unpaired) electrons. The van der Waals surface area contributed by atoms with Crippen LogP contribution < -0.4 is 4.74 Å². The van der Waals surface area contributed by atoms with E-state index >= 15 is 0 Å². The molecule has 0 aliphatic carbocycles. The first-order valence-electron chi connectivity index (χ1n) is 6.14. The second kappa shape index (κ2) is 4.84. The quantitative estimate of drug-likeness (QED) is 0.768. The molecule has 1 aliphatic rings. The molecule has 0 saturated heterocycles. The Hall–Kier alpha value is -1.77. The first-order chi connectivity index (χ1) is 8.57. The van der Waals surface area contributed by atoms with Crippen molar-refractivity contribution in [3.05, 3.63) is 41.5 Å². The van der Waals surface area contributed by atoms with E-state index in [-0.39, 0.29) is 5.97 Å². The summed E-state index contributed by atoms with van der Waals surface area (Å²) in [7, 11) is 1.63. The number of carbonyl (C=O) groups is 1. The zero-order chi connectivity index (χ0) is 13.2. The molecule has 0 amide bonds. The summed E-state index contributed by atoms with van der Waals surface area (Å²) >= 11 is 0. The van der Waals surface area contributed by atoms with E-state index in [9.17, 15) is 4.79 Å². The van der Waals surface area contributed by atoms with Crippen molar-refractivity contribution in [3.63, 3.8) is 0 Å². The minimum Gasteiger partial charge on any atom is -0.497 e. The molecule has 3 nitrogen and oxygen atoms in total. The topological polar surface area (TPSA) is 35.5 Å². The van der Waals surface area contributed by atoms with Crippen molar-refractivity contribution in [1.82, 2.24) is 0 Å². The highest BCUT2D eigenvalue weighted by Gasteiger charge is 2.34. The number of rotatable bonds is 3. The summed E-state index contributed by atoms with van der Waals surface area (Å²) in [6.45, 7) is 4.01. The van der Waals surface area contributed by atoms with E-state index in [1.54, 1.807) is 13.2 Å². The Morgan fingerprint density at radius 1 is 1.33 bits per heavy atom. The van der Waals surface area contributed by atoms with Gasteiger partial charge in [0.2, 0.25) is 0 Å². The molecule has 1 aliphatic heterocycles. The minimum absolute atomic E-state index is 0.253. The lowest BCUT2D eigenvalue weighted by Crippen LogP contribution is -2.32. The van der Waals surface area contributed by atoms with E-state index in [4.69, 9.17) is 9.47 Å². The van der Waals surface area contributed by atoms with Crippen molar-refractivity contribution >= 4 is 5.97 Å². The second-order valence-electron chi connectivity index (χ2n) is 4.71. The van der Waals surface area contributed by atoms with Crippen LogP contribution in [-0.4, -0.2) is 13.1 Å². The third-order valence-corrected chi connectivity index (χ3v) is 3.37. The number of methoxy groups -OCH3 is 1. The summed E-state index contributed by atoms with van der Waals surface area (Å²) in [4.78, 5) is 11.6. The van der Waals surface area contributed by atoms with Gasteiger partial charge in [-0.15, -0.1) is 0 Å². The summed E-state index contributed by atoms with van der Waals surface area (Å²) in [5.41, 5.74) is 1.56. The number of esters is 1. The zero-order valence-electron chi connectivity index (χ0n) is 11.0.